The van der Waals surface area contributed by atoms with Gasteiger partial charge in [-0.2, -0.15) is 0 Å². The highest BCUT2D eigenvalue weighted by Gasteiger charge is 2.16. The van der Waals surface area contributed by atoms with E-state index < -0.39 is 0 Å². The molecule has 3 aromatic rings. The molecule has 1 heterocycles. The first kappa shape index (κ1) is 21.2. The van der Waals surface area contributed by atoms with E-state index in [0.717, 1.165) is 11.3 Å². The highest BCUT2D eigenvalue weighted by molar-refractivity contribution is 5.91. The molecule has 2 amide bonds. The number of anilines is 1. The molecule has 0 aliphatic rings. The summed E-state index contributed by atoms with van der Waals surface area (Å²) in [5, 5.41) is 2.92. The van der Waals surface area contributed by atoms with Gasteiger partial charge in [0, 0.05) is 25.0 Å². The molecule has 5 nitrogen and oxygen atoms in total. The second kappa shape index (κ2) is 10.3. The van der Waals surface area contributed by atoms with Crippen LogP contribution in [0, 0.1) is 5.82 Å². The first-order chi connectivity index (χ1) is 14.6. The summed E-state index contributed by atoms with van der Waals surface area (Å²) in [7, 11) is 0. The monoisotopic (exact) mass is 407 g/mol. The molecular weight excluding hydrogens is 381 g/mol. The molecule has 0 aliphatic carbocycles. The summed E-state index contributed by atoms with van der Waals surface area (Å²) in [5.41, 5.74) is 2.42. The SMILES string of the molecule is C=CCN(Cc1cccn1Cc1cccc(F)c1)C(=O)Nc1ccccc1OCC. The van der Waals surface area contributed by atoms with Crippen LogP contribution in [-0.4, -0.2) is 28.6 Å². The molecule has 2 aromatic carbocycles. The summed E-state index contributed by atoms with van der Waals surface area (Å²) in [6, 6.07) is 17.5. The van der Waals surface area contributed by atoms with Crippen LogP contribution in [0.5, 0.6) is 5.75 Å². The third-order valence-electron chi connectivity index (χ3n) is 4.58. The van der Waals surface area contributed by atoms with E-state index in [1.54, 1.807) is 17.0 Å². The van der Waals surface area contributed by atoms with Crippen LogP contribution in [0.1, 0.15) is 18.2 Å². The Labute approximate surface area is 176 Å². The van der Waals surface area contributed by atoms with Gasteiger partial charge >= 0.3 is 6.03 Å². The lowest BCUT2D eigenvalue weighted by molar-refractivity contribution is 0.213. The average molecular weight is 407 g/mol. The van der Waals surface area contributed by atoms with Gasteiger partial charge in [-0.1, -0.05) is 30.3 Å². The van der Waals surface area contributed by atoms with Gasteiger partial charge in [-0.25, -0.2) is 9.18 Å². The number of para-hydroxylation sites is 2. The van der Waals surface area contributed by atoms with Crippen molar-refractivity contribution in [2.75, 3.05) is 18.5 Å². The van der Waals surface area contributed by atoms with Gasteiger partial charge in [0.2, 0.25) is 0 Å². The normalized spacial score (nSPS) is 10.5. The minimum Gasteiger partial charge on any atom is -0.492 e. The first-order valence-electron chi connectivity index (χ1n) is 9.87. The Hall–Kier alpha value is -3.54. The Bertz CT molecular complexity index is 999. The minimum atomic E-state index is -0.262. The summed E-state index contributed by atoms with van der Waals surface area (Å²) in [6.45, 7) is 7.47. The van der Waals surface area contributed by atoms with E-state index in [9.17, 15) is 9.18 Å². The number of carbonyl (C=O) groups excluding carboxylic acids is 1. The van der Waals surface area contributed by atoms with Gasteiger partial charge in [-0.15, -0.1) is 6.58 Å². The van der Waals surface area contributed by atoms with Gasteiger partial charge in [0.05, 0.1) is 18.8 Å². The van der Waals surface area contributed by atoms with Crippen molar-refractivity contribution in [2.24, 2.45) is 0 Å². The molecular formula is C24H26FN3O2. The van der Waals surface area contributed by atoms with Crippen LogP contribution < -0.4 is 10.1 Å². The molecule has 0 aliphatic heterocycles. The van der Waals surface area contributed by atoms with Crippen molar-refractivity contribution in [2.45, 2.75) is 20.0 Å². The Morgan fingerprint density at radius 1 is 1.20 bits per heavy atom. The fourth-order valence-electron chi connectivity index (χ4n) is 3.20. The molecule has 30 heavy (non-hydrogen) atoms. The number of nitrogens with one attached hydrogen (secondary N) is 1. The molecule has 0 saturated carbocycles. The van der Waals surface area contributed by atoms with Crippen LogP contribution in [0.15, 0.2) is 79.5 Å². The molecule has 0 radical (unpaired) electrons. The lowest BCUT2D eigenvalue weighted by atomic mass is 10.2. The zero-order valence-corrected chi connectivity index (χ0v) is 17.1. The van der Waals surface area contributed by atoms with Crippen molar-refractivity contribution >= 4 is 11.7 Å². The number of hydrogen-bond acceptors (Lipinski definition) is 2. The molecule has 156 valence electrons. The summed E-state index contributed by atoms with van der Waals surface area (Å²) in [4.78, 5) is 14.6. The maximum atomic E-state index is 13.5. The highest BCUT2D eigenvalue weighted by atomic mass is 19.1. The van der Waals surface area contributed by atoms with E-state index in [2.05, 4.69) is 11.9 Å². The molecule has 0 atom stereocenters. The van der Waals surface area contributed by atoms with Gasteiger partial charge in [-0.3, -0.25) is 0 Å². The topological polar surface area (TPSA) is 46.5 Å². The largest absolute Gasteiger partial charge is 0.492 e. The van der Waals surface area contributed by atoms with E-state index in [4.69, 9.17) is 4.74 Å². The predicted molar refractivity (Wildman–Crippen MR) is 117 cm³/mol. The van der Waals surface area contributed by atoms with Crippen LogP contribution in [0.4, 0.5) is 14.9 Å². The van der Waals surface area contributed by atoms with Crippen molar-refractivity contribution in [3.63, 3.8) is 0 Å². The second-order valence-electron chi connectivity index (χ2n) is 6.79. The van der Waals surface area contributed by atoms with Gasteiger partial charge in [0.25, 0.3) is 0 Å². The van der Waals surface area contributed by atoms with E-state index in [1.165, 1.54) is 12.1 Å². The number of aromatic nitrogens is 1. The van der Waals surface area contributed by atoms with Crippen LogP contribution in [0.25, 0.3) is 0 Å². The Morgan fingerprint density at radius 2 is 2.03 bits per heavy atom. The summed E-state index contributed by atoms with van der Waals surface area (Å²) < 4.78 is 21.1. The van der Waals surface area contributed by atoms with Crippen molar-refractivity contribution in [3.05, 3.63) is 96.6 Å². The van der Waals surface area contributed by atoms with Gasteiger partial charge < -0.3 is 19.5 Å². The number of amides is 2. The molecule has 3 rings (SSSR count). The predicted octanol–water partition coefficient (Wildman–Crippen LogP) is 5.29. The lowest BCUT2D eigenvalue weighted by Crippen LogP contribution is -2.35. The summed E-state index contributed by atoms with van der Waals surface area (Å²) >= 11 is 0. The molecule has 0 unspecified atom stereocenters. The maximum absolute atomic E-state index is 13.5. The van der Waals surface area contributed by atoms with E-state index in [0.29, 0.717) is 37.7 Å². The van der Waals surface area contributed by atoms with Crippen molar-refractivity contribution in [1.82, 2.24) is 9.47 Å². The van der Waals surface area contributed by atoms with Crippen LogP contribution >= 0.6 is 0 Å². The molecule has 0 spiro atoms. The second-order valence-corrected chi connectivity index (χ2v) is 6.79. The van der Waals surface area contributed by atoms with Crippen LogP contribution in [0.3, 0.4) is 0 Å². The standard InChI is InChI=1S/C24H26FN3O2/c1-3-14-28(24(29)26-22-12-5-6-13-23(22)30-4-2)18-21-11-8-15-27(21)17-19-9-7-10-20(25)16-19/h3,5-13,15-16H,1,4,14,17-18H2,2H3,(H,26,29). The quantitative estimate of drug-likeness (QED) is 0.490. The van der Waals surface area contributed by atoms with Gasteiger partial charge in [-0.05, 0) is 48.9 Å². The Balaban J connectivity index is 1.74. The lowest BCUT2D eigenvalue weighted by Gasteiger charge is -2.23. The zero-order chi connectivity index (χ0) is 21.3. The molecule has 0 bridgehead atoms. The number of urea groups is 1. The number of benzene rings is 2. The van der Waals surface area contributed by atoms with Gasteiger partial charge in [0.1, 0.15) is 11.6 Å². The smallest absolute Gasteiger partial charge is 0.322 e. The molecule has 0 saturated heterocycles. The summed E-state index contributed by atoms with van der Waals surface area (Å²) in [5.74, 6) is 0.364. The Kier molecular flexibility index (Phi) is 7.27. The fourth-order valence-corrected chi connectivity index (χ4v) is 3.20. The number of nitrogens with zero attached hydrogens (tertiary/aromatic N) is 2. The van der Waals surface area contributed by atoms with Crippen LogP contribution in [-0.2, 0) is 13.1 Å². The van der Waals surface area contributed by atoms with Crippen LogP contribution in [0.2, 0.25) is 0 Å². The fraction of sp³-hybridized carbons (Fsp3) is 0.208. The maximum Gasteiger partial charge on any atom is 0.322 e. The van der Waals surface area contributed by atoms with E-state index in [1.807, 2.05) is 60.2 Å². The van der Waals surface area contributed by atoms with E-state index in [-0.39, 0.29) is 11.8 Å². The summed E-state index contributed by atoms with van der Waals surface area (Å²) in [6.07, 6.45) is 3.61. The third-order valence-corrected chi connectivity index (χ3v) is 4.58. The number of ether oxygens (including phenoxy) is 1. The average Bonchev–Trinajstić information content (AvgIpc) is 3.16. The van der Waals surface area contributed by atoms with Crippen molar-refractivity contribution in [1.29, 1.82) is 0 Å². The molecule has 1 N–H and O–H groups in total. The van der Waals surface area contributed by atoms with Crippen molar-refractivity contribution in [3.8, 4) is 5.75 Å². The highest BCUT2D eigenvalue weighted by Crippen LogP contribution is 2.24. The Morgan fingerprint density at radius 3 is 2.80 bits per heavy atom. The number of halogens is 1. The third kappa shape index (κ3) is 5.50. The molecule has 1 aromatic heterocycles. The minimum absolute atomic E-state index is 0.249. The van der Waals surface area contributed by atoms with Crippen molar-refractivity contribution < 1.29 is 13.9 Å². The molecule has 0 fully saturated rings. The molecule has 6 heteroatoms. The number of carbonyl (C=O) groups is 1. The number of hydrogen-bond donors (Lipinski definition) is 1. The zero-order valence-electron chi connectivity index (χ0n) is 17.1. The number of rotatable bonds is 9. The van der Waals surface area contributed by atoms with Gasteiger partial charge in [0.15, 0.2) is 0 Å². The van der Waals surface area contributed by atoms with E-state index >= 15 is 0 Å². The first-order valence-corrected chi connectivity index (χ1v) is 9.87.